The normalized spacial score (nSPS) is 22.4. The first-order valence-electron chi connectivity index (χ1n) is 11.8. The van der Waals surface area contributed by atoms with Crippen molar-refractivity contribution in [2.24, 2.45) is 0 Å². The number of rotatable bonds is 6. The molecule has 2 aromatic carbocycles. The fourth-order valence-electron chi connectivity index (χ4n) is 5.02. The lowest BCUT2D eigenvalue weighted by molar-refractivity contribution is 0.0533. The van der Waals surface area contributed by atoms with Crippen molar-refractivity contribution in [2.75, 3.05) is 26.4 Å². The van der Waals surface area contributed by atoms with E-state index in [1.807, 2.05) is 24.3 Å². The second kappa shape index (κ2) is 9.42. The molecule has 3 fully saturated rings. The summed E-state index contributed by atoms with van der Waals surface area (Å²) < 4.78 is 17.6. The van der Waals surface area contributed by atoms with Gasteiger partial charge in [0.2, 0.25) is 0 Å². The lowest BCUT2D eigenvalue weighted by Gasteiger charge is -2.30. The van der Waals surface area contributed by atoms with E-state index in [0.717, 1.165) is 89.0 Å². The molecule has 176 valence electrons. The highest BCUT2D eigenvalue weighted by atomic mass is 35.5. The summed E-state index contributed by atoms with van der Waals surface area (Å²) in [5.41, 5.74) is 4.13. The van der Waals surface area contributed by atoms with Crippen LogP contribution in [0.3, 0.4) is 0 Å². The summed E-state index contributed by atoms with van der Waals surface area (Å²) in [4.78, 5) is 8.44. The van der Waals surface area contributed by atoms with Crippen LogP contribution < -0.4 is 0 Å². The third-order valence-corrected chi connectivity index (χ3v) is 8.17. The van der Waals surface area contributed by atoms with E-state index in [0.29, 0.717) is 18.1 Å². The Bertz CT molecular complexity index is 1170. The standard InChI is InChI=1S/C27H27ClN2O3S/c1-17(30-15-23-14-22(30)16-32-23)18-2-4-19(5-3-18)25-27(34-24-8-6-21(28)7-9-24)33-26(29-25)20-10-12-31-13-11-20/h2-9,20,22-23H,1,10-16H2. The van der Waals surface area contributed by atoms with E-state index in [1.165, 1.54) is 0 Å². The first kappa shape index (κ1) is 22.2. The molecule has 4 heterocycles. The predicted molar refractivity (Wildman–Crippen MR) is 134 cm³/mol. The maximum atomic E-state index is 6.36. The molecule has 2 atom stereocenters. The molecule has 7 heteroatoms. The van der Waals surface area contributed by atoms with E-state index in [1.54, 1.807) is 11.8 Å². The zero-order valence-corrected chi connectivity index (χ0v) is 20.5. The Labute approximate surface area is 209 Å². The Hall–Kier alpha value is -2.25. The van der Waals surface area contributed by atoms with Crippen LogP contribution in [0.5, 0.6) is 0 Å². The summed E-state index contributed by atoms with van der Waals surface area (Å²) >= 11 is 7.66. The van der Waals surface area contributed by atoms with Crippen LogP contribution in [0.15, 0.2) is 69.5 Å². The number of nitrogens with zero attached hydrogens (tertiary/aromatic N) is 2. The van der Waals surface area contributed by atoms with Crippen LogP contribution in [0.25, 0.3) is 17.0 Å². The van der Waals surface area contributed by atoms with Gasteiger partial charge in [-0.05, 0) is 60.9 Å². The predicted octanol–water partition coefficient (Wildman–Crippen LogP) is 6.48. The lowest BCUT2D eigenvalue weighted by atomic mass is 10.0. The van der Waals surface area contributed by atoms with Crippen LogP contribution >= 0.6 is 23.4 Å². The van der Waals surface area contributed by atoms with Crippen LogP contribution in [0.2, 0.25) is 5.02 Å². The van der Waals surface area contributed by atoms with Gasteiger partial charge in [0.05, 0.1) is 18.8 Å². The molecule has 1 aromatic heterocycles. The summed E-state index contributed by atoms with van der Waals surface area (Å²) in [6.45, 7) is 7.63. The van der Waals surface area contributed by atoms with Gasteiger partial charge in [0.15, 0.2) is 11.0 Å². The van der Waals surface area contributed by atoms with Crippen molar-refractivity contribution < 1.29 is 13.9 Å². The maximum absolute atomic E-state index is 6.36. The number of fused-ring (bicyclic) bond motifs is 2. The minimum Gasteiger partial charge on any atom is -0.433 e. The first-order chi connectivity index (χ1) is 16.6. The summed E-state index contributed by atoms with van der Waals surface area (Å²) in [5.74, 6) is 1.09. The molecule has 0 spiro atoms. The average molecular weight is 495 g/mol. The Morgan fingerprint density at radius 1 is 1.06 bits per heavy atom. The smallest absolute Gasteiger partial charge is 0.199 e. The summed E-state index contributed by atoms with van der Waals surface area (Å²) in [5, 5.41) is 1.53. The van der Waals surface area contributed by atoms with Gasteiger partial charge in [-0.25, -0.2) is 4.98 Å². The third-order valence-electron chi connectivity index (χ3n) is 6.95. The SMILES string of the molecule is C=C(c1ccc(-c2nc(C3CCOCC3)oc2Sc2ccc(Cl)cc2)cc1)N1CC2CC1CO2. The molecule has 0 N–H and O–H groups in total. The Kier molecular flexibility index (Phi) is 6.16. The number of benzene rings is 2. The second-order valence-corrected chi connectivity index (χ2v) is 10.6. The number of aromatic nitrogens is 1. The van der Waals surface area contributed by atoms with Crippen molar-refractivity contribution in [3.05, 3.63) is 71.6 Å². The van der Waals surface area contributed by atoms with Crippen molar-refractivity contribution >= 4 is 29.1 Å². The molecule has 0 radical (unpaired) electrons. The number of likely N-dealkylation sites (tertiary alicyclic amines) is 1. The Balaban J connectivity index is 1.28. The monoisotopic (exact) mass is 494 g/mol. The quantitative estimate of drug-likeness (QED) is 0.390. The zero-order valence-electron chi connectivity index (χ0n) is 18.9. The van der Waals surface area contributed by atoms with Crippen LogP contribution in [0.1, 0.15) is 36.6 Å². The van der Waals surface area contributed by atoms with E-state index in [-0.39, 0.29) is 0 Å². The first-order valence-corrected chi connectivity index (χ1v) is 13.0. The molecule has 0 saturated carbocycles. The minimum absolute atomic E-state index is 0.291. The highest BCUT2D eigenvalue weighted by molar-refractivity contribution is 7.99. The summed E-state index contributed by atoms with van der Waals surface area (Å²) in [7, 11) is 0. The number of morpholine rings is 1. The van der Waals surface area contributed by atoms with E-state index in [2.05, 4.69) is 35.7 Å². The van der Waals surface area contributed by atoms with Gasteiger partial charge >= 0.3 is 0 Å². The molecule has 3 aromatic rings. The molecule has 3 saturated heterocycles. The van der Waals surface area contributed by atoms with Gasteiger partial charge in [0.25, 0.3) is 0 Å². The van der Waals surface area contributed by atoms with E-state index in [9.17, 15) is 0 Å². The second-order valence-electron chi connectivity index (χ2n) is 9.15. The molecular weight excluding hydrogens is 468 g/mol. The molecule has 5 nitrogen and oxygen atoms in total. The Morgan fingerprint density at radius 3 is 2.50 bits per heavy atom. The lowest BCUT2D eigenvalue weighted by Crippen LogP contribution is -2.35. The number of halogens is 1. The highest BCUT2D eigenvalue weighted by Crippen LogP contribution is 2.40. The zero-order chi connectivity index (χ0) is 23.1. The molecule has 2 unspecified atom stereocenters. The van der Waals surface area contributed by atoms with Gasteiger partial charge in [-0.1, -0.05) is 42.4 Å². The molecule has 3 aliphatic heterocycles. The van der Waals surface area contributed by atoms with E-state index >= 15 is 0 Å². The largest absolute Gasteiger partial charge is 0.433 e. The molecule has 0 amide bonds. The molecule has 2 bridgehead atoms. The van der Waals surface area contributed by atoms with Crippen molar-refractivity contribution in [2.45, 2.75) is 47.3 Å². The Morgan fingerprint density at radius 2 is 1.82 bits per heavy atom. The van der Waals surface area contributed by atoms with Crippen LogP contribution in [0.4, 0.5) is 0 Å². The maximum Gasteiger partial charge on any atom is 0.199 e. The number of hydrogen-bond acceptors (Lipinski definition) is 6. The van der Waals surface area contributed by atoms with Crippen LogP contribution in [-0.2, 0) is 9.47 Å². The van der Waals surface area contributed by atoms with Gasteiger partial charge in [0, 0.05) is 46.9 Å². The van der Waals surface area contributed by atoms with Crippen molar-refractivity contribution in [1.82, 2.24) is 9.88 Å². The topological polar surface area (TPSA) is 47.7 Å². The van der Waals surface area contributed by atoms with Crippen molar-refractivity contribution in [3.8, 4) is 11.3 Å². The van der Waals surface area contributed by atoms with Gasteiger partial charge < -0.3 is 18.8 Å². The summed E-state index contributed by atoms with van der Waals surface area (Å²) in [6, 6.07) is 16.8. The molecule has 34 heavy (non-hydrogen) atoms. The molecule has 0 aliphatic carbocycles. The fraction of sp³-hybridized carbons (Fsp3) is 0.370. The van der Waals surface area contributed by atoms with E-state index < -0.39 is 0 Å². The molecule has 6 rings (SSSR count). The van der Waals surface area contributed by atoms with Crippen molar-refractivity contribution in [3.63, 3.8) is 0 Å². The third kappa shape index (κ3) is 4.40. The number of oxazole rings is 1. The van der Waals surface area contributed by atoms with Gasteiger partial charge in [-0.3, -0.25) is 0 Å². The highest BCUT2D eigenvalue weighted by Gasteiger charge is 2.39. The number of hydrogen-bond donors (Lipinski definition) is 0. The van der Waals surface area contributed by atoms with Gasteiger partial charge in [-0.15, -0.1) is 0 Å². The summed E-state index contributed by atoms with van der Waals surface area (Å²) in [6.07, 6.45) is 3.33. The average Bonchev–Trinajstić information content (AvgIpc) is 3.62. The molecule has 3 aliphatic rings. The van der Waals surface area contributed by atoms with Crippen molar-refractivity contribution in [1.29, 1.82) is 0 Å². The van der Waals surface area contributed by atoms with E-state index in [4.69, 9.17) is 30.5 Å². The fourth-order valence-corrected chi connectivity index (χ4v) is 6.02. The van der Waals surface area contributed by atoms with Crippen LogP contribution in [0, 0.1) is 0 Å². The molecular formula is C27H27ClN2O3S. The van der Waals surface area contributed by atoms with Gasteiger partial charge in [-0.2, -0.15) is 0 Å². The minimum atomic E-state index is 0.291. The number of ether oxygens (including phenoxy) is 2. The van der Waals surface area contributed by atoms with Gasteiger partial charge in [0.1, 0.15) is 5.69 Å². The van der Waals surface area contributed by atoms with Crippen LogP contribution in [-0.4, -0.2) is 48.4 Å².